The Morgan fingerprint density at radius 1 is 1.33 bits per heavy atom. The molecule has 0 N–H and O–H groups in total. The van der Waals surface area contributed by atoms with Crippen molar-refractivity contribution in [2.24, 2.45) is 0 Å². The second kappa shape index (κ2) is 4.84. The highest BCUT2D eigenvalue weighted by atomic mass is 19.4. The van der Waals surface area contributed by atoms with Gasteiger partial charge in [0.25, 0.3) is 0 Å². The first kappa shape index (κ1) is 12.7. The van der Waals surface area contributed by atoms with Crippen molar-refractivity contribution in [2.75, 3.05) is 6.61 Å². The van der Waals surface area contributed by atoms with Gasteiger partial charge in [-0.1, -0.05) is 0 Å². The number of halogens is 3. The molecule has 1 heterocycles. The van der Waals surface area contributed by atoms with E-state index in [0.717, 1.165) is 36.9 Å². The number of pyridine rings is 1. The molecule has 1 aliphatic carbocycles. The predicted octanol–water partition coefficient (Wildman–Crippen LogP) is 2.77. The van der Waals surface area contributed by atoms with Gasteiger partial charge in [0.1, 0.15) is 11.6 Å². The first-order valence-electron chi connectivity index (χ1n) is 5.62. The van der Waals surface area contributed by atoms with Crippen molar-refractivity contribution >= 4 is 0 Å². The van der Waals surface area contributed by atoms with Gasteiger partial charge in [-0.25, -0.2) is 4.98 Å². The fourth-order valence-electron chi connectivity index (χ4n) is 1.96. The van der Waals surface area contributed by atoms with Gasteiger partial charge in [-0.15, -0.1) is 0 Å². The molecule has 96 valence electrons. The summed E-state index contributed by atoms with van der Waals surface area (Å²) in [6.07, 6.45) is -0.906. The number of ether oxygens (including phenoxy) is 1. The molecule has 1 aromatic rings. The number of hydrogen-bond acceptors (Lipinski definition) is 3. The van der Waals surface area contributed by atoms with E-state index in [9.17, 15) is 13.2 Å². The molecule has 0 spiro atoms. The van der Waals surface area contributed by atoms with Crippen molar-refractivity contribution < 1.29 is 17.9 Å². The summed E-state index contributed by atoms with van der Waals surface area (Å²) in [5.74, 6) is -0.213. The third-order valence-corrected chi connectivity index (χ3v) is 2.76. The van der Waals surface area contributed by atoms with Gasteiger partial charge in [0.2, 0.25) is 5.88 Å². The molecule has 0 bridgehead atoms. The van der Waals surface area contributed by atoms with E-state index in [2.05, 4.69) is 9.72 Å². The van der Waals surface area contributed by atoms with Gasteiger partial charge in [-0.3, -0.25) is 0 Å². The van der Waals surface area contributed by atoms with E-state index < -0.39 is 12.8 Å². The van der Waals surface area contributed by atoms with Gasteiger partial charge in [0, 0.05) is 5.69 Å². The van der Waals surface area contributed by atoms with Crippen LogP contribution in [0.3, 0.4) is 0 Å². The molecular formula is C12H11F3N2O. The van der Waals surface area contributed by atoms with E-state index in [4.69, 9.17) is 5.26 Å². The minimum Gasteiger partial charge on any atom is -0.467 e. The molecule has 1 aromatic heterocycles. The van der Waals surface area contributed by atoms with Crippen molar-refractivity contribution in [1.29, 1.82) is 5.26 Å². The van der Waals surface area contributed by atoms with Crippen LogP contribution in [0.4, 0.5) is 13.2 Å². The van der Waals surface area contributed by atoms with Crippen LogP contribution in [-0.2, 0) is 12.8 Å². The van der Waals surface area contributed by atoms with Gasteiger partial charge < -0.3 is 4.74 Å². The van der Waals surface area contributed by atoms with Crippen LogP contribution < -0.4 is 4.74 Å². The first-order chi connectivity index (χ1) is 8.49. The summed E-state index contributed by atoms with van der Waals surface area (Å²) in [4.78, 5) is 4.04. The van der Waals surface area contributed by atoms with Crippen LogP contribution in [-0.4, -0.2) is 17.8 Å². The fraction of sp³-hybridized carbons (Fsp3) is 0.500. The molecule has 1 aliphatic rings. The van der Waals surface area contributed by atoms with Crippen molar-refractivity contribution in [3.8, 4) is 11.9 Å². The number of aromatic nitrogens is 1. The number of rotatable bonds is 2. The average Bonchev–Trinajstić information content (AvgIpc) is 2.34. The lowest BCUT2D eigenvalue weighted by atomic mass is 9.95. The zero-order chi connectivity index (χ0) is 13.2. The Hall–Kier alpha value is -1.77. The quantitative estimate of drug-likeness (QED) is 0.817. The number of hydrogen-bond donors (Lipinski definition) is 0. The number of fused-ring (bicyclic) bond motifs is 1. The Morgan fingerprint density at radius 3 is 2.72 bits per heavy atom. The van der Waals surface area contributed by atoms with E-state index in [1.165, 1.54) is 0 Å². The second-order valence-corrected chi connectivity index (χ2v) is 4.17. The molecule has 0 fully saturated rings. The summed E-state index contributed by atoms with van der Waals surface area (Å²) in [5.41, 5.74) is 1.76. The summed E-state index contributed by atoms with van der Waals surface area (Å²) in [7, 11) is 0. The van der Waals surface area contributed by atoms with Crippen LogP contribution in [0.2, 0.25) is 0 Å². The van der Waals surface area contributed by atoms with Gasteiger partial charge in [0.05, 0.1) is 0 Å². The topological polar surface area (TPSA) is 45.9 Å². The van der Waals surface area contributed by atoms with Crippen molar-refractivity contribution in [3.63, 3.8) is 0 Å². The molecule has 6 heteroatoms. The van der Waals surface area contributed by atoms with Gasteiger partial charge in [-0.2, -0.15) is 18.4 Å². The Kier molecular flexibility index (Phi) is 3.41. The lowest BCUT2D eigenvalue weighted by molar-refractivity contribution is -0.154. The van der Waals surface area contributed by atoms with Crippen molar-refractivity contribution in [3.05, 3.63) is 22.9 Å². The summed E-state index contributed by atoms with van der Waals surface area (Å²) in [6.45, 7) is -1.42. The summed E-state index contributed by atoms with van der Waals surface area (Å²) >= 11 is 0. The maximum absolute atomic E-state index is 12.1. The normalized spacial score (nSPS) is 14.8. The monoisotopic (exact) mass is 256 g/mol. The van der Waals surface area contributed by atoms with Crippen LogP contribution in [0, 0.1) is 11.3 Å². The lowest BCUT2D eigenvalue weighted by Gasteiger charge is -2.17. The predicted molar refractivity (Wildman–Crippen MR) is 57.1 cm³/mol. The Balaban J connectivity index is 2.26. The smallest absolute Gasteiger partial charge is 0.422 e. The molecule has 0 aliphatic heterocycles. The van der Waals surface area contributed by atoms with Gasteiger partial charge in [0.15, 0.2) is 6.61 Å². The Morgan fingerprint density at radius 2 is 2.06 bits per heavy atom. The van der Waals surface area contributed by atoms with Crippen molar-refractivity contribution in [1.82, 2.24) is 4.98 Å². The summed E-state index contributed by atoms with van der Waals surface area (Å²) < 4.78 is 40.8. The van der Waals surface area contributed by atoms with E-state index in [-0.39, 0.29) is 11.4 Å². The molecular weight excluding hydrogens is 245 g/mol. The van der Waals surface area contributed by atoms with E-state index in [1.807, 2.05) is 6.07 Å². The standard InChI is InChI=1S/C12H11F3N2O/c13-12(14,15)7-18-11-9(6-16)5-8-3-1-2-4-10(8)17-11/h5H,1-4,7H2. The molecule has 0 unspecified atom stereocenters. The third kappa shape index (κ3) is 2.92. The SMILES string of the molecule is N#Cc1cc2c(nc1OCC(F)(F)F)CCCC2. The zero-order valence-corrected chi connectivity index (χ0v) is 9.55. The molecule has 0 saturated carbocycles. The number of alkyl halides is 3. The highest BCUT2D eigenvalue weighted by Crippen LogP contribution is 2.26. The van der Waals surface area contributed by atoms with Crippen LogP contribution in [0.5, 0.6) is 5.88 Å². The fourth-order valence-corrected chi connectivity index (χ4v) is 1.96. The molecule has 2 rings (SSSR count). The Bertz CT molecular complexity index is 491. The highest BCUT2D eigenvalue weighted by Gasteiger charge is 2.29. The molecule has 3 nitrogen and oxygen atoms in total. The lowest BCUT2D eigenvalue weighted by Crippen LogP contribution is -2.20. The van der Waals surface area contributed by atoms with E-state index in [1.54, 1.807) is 6.07 Å². The number of nitriles is 1. The minimum absolute atomic E-state index is 0.0694. The molecule has 0 saturated heterocycles. The Labute approximate surface area is 102 Å². The van der Waals surface area contributed by atoms with Gasteiger partial charge >= 0.3 is 6.18 Å². The van der Waals surface area contributed by atoms with E-state index in [0.29, 0.717) is 0 Å². The first-order valence-corrected chi connectivity index (χ1v) is 5.62. The zero-order valence-electron chi connectivity index (χ0n) is 9.55. The second-order valence-electron chi connectivity index (χ2n) is 4.17. The number of aryl methyl sites for hydroxylation is 2. The molecule has 0 radical (unpaired) electrons. The largest absolute Gasteiger partial charge is 0.467 e. The minimum atomic E-state index is -4.43. The molecule has 18 heavy (non-hydrogen) atoms. The van der Waals surface area contributed by atoms with E-state index >= 15 is 0 Å². The summed E-state index contributed by atoms with van der Waals surface area (Å²) in [6, 6.07) is 3.42. The summed E-state index contributed by atoms with van der Waals surface area (Å²) in [5, 5.41) is 8.90. The van der Waals surface area contributed by atoms with Crippen LogP contribution in [0.25, 0.3) is 0 Å². The average molecular weight is 256 g/mol. The molecule has 0 amide bonds. The maximum Gasteiger partial charge on any atom is 0.422 e. The molecule has 0 atom stereocenters. The maximum atomic E-state index is 12.1. The highest BCUT2D eigenvalue weighted by molar-refractivity contribution is 5.43. The molecule has 0 aromatic carbocycles. The van der Waals surface area contributed by atoms with Crippen molar-refractivity contribution in [2.45, 2.75) is 31.9 Å². The van der Waals surface area contributed by atoms with Gasteiger partial charge in [-0.05, 0) is 37.3 Å². The van der Waals surface area contributed by atoms with Crippen LogP contribution >= 0.6 is 0 Å². The van der Waals surface area contributed by atoms with Crippen LogP contribution in [0.15, 0.2) is 6.07 Å². The number of nitrogens with zero attached hydrogens (tertiary/aromatic N) is 2. The van der Waals surface area contributed by atoms with Crippen LogP contribution in [0.1, 0.15) is 29.7 Å². The third-order valence-electron chi connectivity index (χ3n) is 2.76.